The van der Waals surface area contributed by atoms with Crippen molar-refractivity contribution in [3.63, 3.8) is 0 Å². The molecule has 0 unspecified atom stereocenters. The first kappa shape index (κ1) is 27.5. The zero-order valence-electron chi connectivity index (χ0n) is 23.2. The Balaban J connectivity index is 1.63. The second kappa shape index (κ2) is 12.8. The summed E-state index contributed by atoms with van der Waals surface area (Å²) in [5.41, 5.74) is 6.73. The number of imidazole rings is 1. The maximum atomic E-state index is 14.9. The molecule has 0 radical (unpaired) electrons. The van der Waals surface area contributed by atoms with Crippen LogP contribution >= 0.6 is 0 Å². The molecule has 0 fully saturated rings. The first-order valence-corrected chi connectivity index (χ1v) is 13.9. The maximum Gasteiger partial charge on any atom is 0.163 e. The summed E-state index contributed by atoms with van der Waals surface area (Å²) < 4.78 is 31.4. The molecule has 0 aliphatic rings. The van der Waals surface area contributed by atoms with Gasteiger partial charge in [0.1, 0.15) is 5.82 Å². The molecule has 204 valence electrons. The van der Waals surface area contributed by atoms with E-state index in [4.69, 9.17) is 4.98 Å². The standard InChI is InChI=1S/C35H35F2N3/c1-3-4-21-40-32(34(28-15-7-5-8-16-28)38-35(40)29-17-9-6-10-18-29)25-39(23-27-14-11-13-26(2)22-27)24-30-19-12-20-31(36)33(30)37/h5-20,22H,3-4,21,23-25H2,1-2H3. The Hall–Kier alpha value is -4.09. The molecule has 0 spiro atoms. The molecule has 0 saturated heterocycles. The van der Waals surface area contributed by atoms with Crippen LogP contribution in [0.3, 0.4) is 0 Å². The summed E-state index contributed by atoms with van der Waals surface area (Å²) in [7, 11) is 0. The van der Waals surface area contributed by atoms with Crippen LogP contribution in [0.4, 0.5) is 8.78 Å². The summed E-state index contributed by atoms with van der Waals surface area (Å²) in [5.74, 6) is -0.683. The summed E-state index contributed by atoms with van der Waals surface area (Å²) in [6.45, 7) is 6.46. The Bertz CT molecular complexity index is 1540. The number of nitrogens with zero attached hydrogens (tertiary/aromatic N) is 3. The molecule has 0 amide bonds. The van der Waals surface area contributed by atoms with Gasteiger partial charge in [0.05, 0.1) is 11.4 Å². The Morgan fingerprint density at radius 1 is 0.750 bits per heavy atom. The first-order valence-electron chi connectivity index (χ1n) is 13.9. The van der Waals surface area contributed by atoms with Crippen LogP contribution in [0.2, 0.25) is 0 Å². The molecule has 4 aromatic carbocycles. The highest BCUT2D eigenvalue weighted by Gasteiger charge is 2.23. The van der Waals surface area contributed by atoms with Crippen molar-refractivity contribution in [2.24, 2.45) is 0 Å². The fourth-order valence-electron chi connectivity index (χ4n) is 5.20. The number of hydrogen-bond donors (Lipinski definition) is 0. The summed E-state index contributed by atoms with van der Waals surface area (Å²) >= 11 is 0. The van der Waals surface area contributed by atoms with Crippen molar-refractivity contribution in [3.8, 4) is 22.6 Å². The van der Waals surface area contributed by atoms with Crippen LogP contribution < -0.4 is 0 Å². The lowest BCUT2D eigenvalue weighted by atomic mass is 10.1. The quantitative estimate of drug-likeness (QED) is 0.168. The largest absolute Gasteiger partial charge is 0.326 e. The van der Waals surface area contributed by atoms with Crippen molar-refractivity contribution in [2.45, 2.75) is 52.9 Å². The highest BCUT2D eigenvalue weighted by atomic mass is 19.2. The normalized spacial score (nSPS) is 11.3. The van der Waals surface area contributed by atoms with Crippen molar-refractivity contribution in [2.75, 3.05) is 0 Å². The second-order valence-corrected chi connectivity index (χ2v) is 10.3. The van der Waals surface area contributed by atoms with E-state index >= 15 is 0 Å². The first-order chi connectivity index (χ1) is 19.5. The van der Waals surface area contributed by atoms with E-state index in [9.17, 15) is 8.78 Å². The van der Waals surface area contributed by atoms with Gasteiger partial charge in [0.2, 0.25) is 0 Å². The minimum Gasteiger partial charge on any atom is -0.326 e. The molecule has 40 heavy (non-hydrogen) atoms. The number of benzene rings is 4. The summed E-state index contributed by atoms with van der Waals surface area (Å²) in [6.07, 6.45) is 2.06. The Morgan fingerprint density at radius 2 is 1.45 bits per heavy atom. The average Bonchev–Trinajstić information content (AvgIpc) is 3.33. The molecule has 5 heteroatoms. The molecule has 3 nitrogen and oxygen atoms in total. The number of rotatable bonds is 11. The molecule has 0 aliphatic carbocycles. The number of aryl methyl sites for hydroxylation is 1. The van der Waals surface area contributed by atoms with E-state index in [0.29, 0.717) is 18.7 Å². The predicted octanol–water partition coefficient (Wildman–Crippen LogP) is 8.81. The van der Waals surface area contributed by atoms with Crippen molar-refractivity contribution < 1.29 is 8.78 Å². The molecule has 0 bridgehead atoms. The maximum absolute atomic E-state index is 14.9. The average molecular weight is 536 g/mol. The molecule has 0 N–H and O–H groups in total. The van der Waals surface area contributed by atoms with Crippen LogP contribution in [0.1, 0.15) is 42.1 Å². The van der Waals surface area contributed by atoms with E-state index in [-0.39, 0.29) is 6.54 Å². The molecule has 5 aromatic rings. The van der Waals surface area contributed by atoms with Gasteiger partial charge in [-0.05, 0) is 25.0 Å². The van der Waals surface area contributed by atoms with Crippen LogP contribution in [-0.2, 0) is 26.2 Å². The fraction of sp³-hybridized carbons (Fsp3) is 0.229. The number of unbranched alkanes of at least 4 members (excludes halogenated alkanes) is 1. The van der Waals surface area contributed by atoms with Gasteiger partial charge in [-0.25, -0.2) is 13.8 Å². The SMILES string of the molecule is CCCCn1c(-c2ccccc2)nc(-c2ccccc2)c1CN(Cc1cccc(C)c1)Cc1cccc(F)c1F. The fourth-order valence-corrected chi connectivity index (χ4v) is 5.20. The van der Waals surface area contributed by atoms with Crippen LogP contribution in [0.5, 0.6) is 0 Å². The summed E-state index contributed by atoms with van der Waals surface area (Å²) in [4.78, 5) is 7.41. The Labute approximate surface area is 235 Å². The third-order valence-electron chi connectivity index (χ3n) is 7.17. The van der Waals surface area contributed by atoms with E-state index < -0.39 is 11.6 Å². The lowest BCUT2D eigenvalue weighted by Gasteiger charge is -2.25. The lowest BCUT2D eigenvalue weighted by molar-refractivity contribution is 0.237. The van der Waals surface area contributed by atoms with Gasteiger partial charge in [-0.2, -0.15) is 0 Å². The molecule has 1 aromatic heterocycles. The number of hydrogen-bond acceptors (Lipinski definition) is 2. The lowest BCUT2D eigenvalue weighted by Crippen LogP contribution is -2.25. The van der Waals surface area contributed by atoms with Gasteiger partial charge in [0, 0.05) is 42.9 Å². The zero-order chi connectivity index (χ0) is 27.9. The van der Waals surface area contributed by atoms with Gasteiger partial charge in [-0.1, -0.05) is 116 Å². The van der Waals surface area contributed by atoms with Crippen LogP contribution in [0, 0.1) is 18.6 Å². The topological polar surface area (TPSA) is 21.1 Å². The van der Waals surface area contributed by atoms with E-state index in [1.165, 1.54) is 11.6 Å². The summed E-state index contributed by atoms with van der Waals surface area (Å²) in [5, 5.41) is 0. The monoisotopic (exact) mass is 535 g/mol. The van der Waals surface area contributed by atoms with Crippen LogP contribution in [-0.4, -0.2) is 14.5 Å². The predicted molar refractivity (Wildman–Crippen MR) is 158 cm³/mol. The van der Waals surface area contributed by atoms with E-state index in [1.807, 2.05) is 42.5 Å². The van der Waals surface area contributed by atoms with Crippen molar-refractivity contribution in [1.82, 2.24) is 14.5 Å². The highest BCUT2D eigenvalue weighted by Crippen LogP contribution is 2.32. The molecule has 0 aliphatic heterocycles. The van der Waals surface area contributed by atoms with E-state index in [1.54, 1.807) is 12.1 Å². The van der Waals surface area contributed by atoms with Crippen LogP contribution in [0.15, 0.2) is 103 Å². The number of aromatic nitrogens is 2. The third-order valence-corrected chi connectivity index (χ3v) is 7.17. The number of halogens is 2. The second-order valence-electron chi connectivity index (χ2n) is 10.3. The summed E-state index contributed by atoms with van der Waals surface area (Å²) in [6, 6.07) is 33.3. The van der Waals surface area contributed by atoms with Gasteiger partial charge in [-0.15, -0.1) is 0 Å². The van der Waals surface area contributed by atoms with Crippen molar-refractivity contribution in [3.05, 3.63) is 137 Å². The minimum atomic E-state index is -0.822. The van der Waals surface area contributed by atoms with E-state index in [2.05, 4.69) is 65.8 Å². The van der Waals surface area contributed by atoms with Crippen molar-refractivity contribution in [1.29, 1.82) is 0 Å². The molecule has 5 rings (SSSR count). The van der Waals surface area contributed by atoms with E-state index in [0.717, 1.165) is 53.3 Å². The van der Waals surface area contributed by atoms with Gasteiger partial charge in [-0.3, -0.25) is 4.90 Å². The van der Waals surface area contributed by atoms with Gasteiger partial charge < -0.3 is 4.57 Å². The van der Waals surface area contributed by atoms with Crippen LogP contribution in [0.25, 0.3) is 22.6 Å². The van der Waals surface area contributed by atoms with Gasteiger partial charge >= 0.3 is 0 Å². The Morgan fingerprint density at radius 3 is 2.15 bits per heavy atom. The smallest absolute Gasteiger partial charge is 0.163 e. The highest BCUT2D eigenvalue weighted by molar-refractivity contribution is 5.68. The van der Waals surface area contributed by atoms with Crippen molar-refractivity contribution >= 4 is 0 Å². The molecular weight excluding hydrogens is 500 g/mol. The minimum absolute atomic E-state index is 0.269. The molecule has 1 heterocycles. The molecular formula is C35H35F2N3. The van der Waals surface area contributed by atoms with Gasteiger partial charge in [0.15, 0.2) is 11.6 Å². The molecule has 0 saturated carbocycles. The zero-order valence-corrected chi connectivity index (χ0v) is 23.2. The molecule has 0 atom stereocenters. The van der Waals surface area contributed by atoms with Gasteiger partial charge in [0.25, 0.3) is 0 Å². The Kier molecular flexibility index (Phi) is 8.82. The third kappa shape index (κ3) is 6.37.